The first kappa shape index (κ1) is 12.7. The Bertz CT molecular complexity index is 636. The number of aromatic nitrogens is 2. The van der Waals surface area contributed by atoms with Crippen molar-refractivity contribution in [2.24, 2.45) is 5.92 Å². The summed E-state index contributed by atoms with van der Waals surface area (Å²) in [4.78, 5) is 14.9. The third-order valence-corrected chi connectivity index (χ3v) is 3.69. The molecule has 1 N–H and O–H groups in total. The third-order valence-electron chi connectivity index (χ3n) is 3.69. The second-order valence-electron chi connectivity index (χ2n) is 4.94. The predicted molar refractivity (Wildman–Crippen MR) is 71.2 cm³/mol. The number of nitrogens with zero attached hydrogens (tertiary/aromatic N) is 3. The van der Waals surface area contributed by atoms with Crippen molar-refractivity contribution in [3.05, 3.63) is 40.3 Å². The molecule has 3 rings (SSSR count). The lowest BCUT2D eigenvalue weighted by atomic mass is 9.89. The number of rotatable bonds is 4. The molecule has 0 aliphatic carbocycles. The van der Waals surface area contributed by atoms with Crippen molar-refractivity contribution >= 4 is 5.69 Å². The van der Waals surface area contributed by atoms with E-state index < -0.39 is 4.92 Å². The predicted octanol–water partition coefficient (Wildman–Crippen LogP) is 1.97. The number of hydrogen-bond acceptors (Lipinski definition) is 6. The van der Waals surface area contributed by atoms with Crippen LogP contribution in [-0.2, 0) is 0 Å². The fraction of sp³-hybridized carbons (Fsp3) is 0.385. The van der Waals surface area contributed by atoms with Crippen molar-refractivity contribution in [3.8, 4) is 11.4 Å². The highest BCUT2D eigenvalue weighted by Gasteiger charge is 2.29. The molecule has 0 spiro atoms. The molecule has 0 bridgehead atoms. The van der Waals surface area contributed by atoms with Gasteiger partial charge in [-0.25, -0.2) is 0 Å². The van der Waals surface area contributed by atoms with Gasteiger partial charge in [-0.3, -0.25) is 10.1 Å². The lowest BCUT2D eigenvalue weighted by molar-refractivity contribution is -0.384. The van der Waals surface area contributed by atoms with Gasteiger partial charge in [-0.15, -0.1) is 0 Å². The first-order valence-corrected chi connectivity index (χ1v) is 6.45. The highest BCUT2D eigenvalue weighted by Crippen LogP contribution is 2.30. The molecule has 1 saturated heterocycles. The fourth-order valence-electron chi connectivity index (χ4n) is 2.22. The standard InChI is InChI=1S/C13H14N4O3/c1-8(9-6-14-7-9)13-15-12(16-20-13)10-4-2-3-5-11(10)17(18)19/h2-5,8-9,14H,6-7H2,1H3. The molecular formula is C13H14N4O3. The van der Waals surface area contributed by atoms with Crippen LogP contribution in [0, 0.1) is 16.0 Å². The minimum Gasteiger partial charge on any atom is -0.339 e. The van der Waals surface area contributed by atoms with Crippen molar-refractivity contribution in [2.75, 3.05) is 13.1 Å². The van der Waals surface area contributed by atoms with Crippen LogP contribution in [0.2, 0.25) is 0 Å². The Hall–Kier alpha value is -2.28. The highest BCUT2D eigenvalue weighted by molar-refractivity contribution is 5.67. The number of nitrogens with one attached hydrogen (secondary N) is 1. The molecule has 0 saturated carbocycles. The van der Waals surface area contributed by atoms with Gasteiger partial charge in [0.2, 0.25) is 11.7 Å². The van der Waals surface area contributed by atoms with Crippen LogP contribution >= 0.6 is 0 Å². The van der Waals surface area contributed by atoms with Gasteiger partial charge in [-0.2, -0.15) is 4.98 Å². The summed E-state index contributed by atoms with van der Waals surface area (Å²) < 4.78 is 5.26. The minimum absolute atomic E-state index is 0.0159. The minimum atomic E-state index is -0.440. The molecule has 104 valence electrons. The average molecular weight is 274 g/mol. The van der Waals surface area contributed by atoms with Crippen LogP contribution in [0.15, 0.2) is 28.8 Å². The Balaban J connectivity index is 1.92. The first-order valence-electron chi connectivity index (χ1n) is 6.45. The van der Waals surface area contributed by atoms with E-state index in [2.05, 4.69) is 15.5 Å². The maximum atomic E-state index is 11.0. The monoisotopic (exact) mass is 274 g/mol. The highest BCUT2D eigenvalue weighted by atomic mass is 16.6. The van der Waals surface area contributed by atoms with Crippen LogP contribution in [0.4, 0.5) is 5.69 Å². The lowest BCUT2D eigenvalue weighted by Crippen LogP contribution is -2.44. The molecule has 1 aliphatic rings. The molecule has 1 aromatic carbocycles. The van der Waals surface area contributed by atoms with Crippen LogP contribution in [0.3, 0.4) is 0 Å². The Labute approximate surface area is 115 Å². The van der Waals surface area contributed by atoms with Gasteiger partial charge >= 0.3 is 0 Å². The van der Waals surface area contributed by atoms with Gasteiger partial charge in [0, 0.05) is 12.0 Å². The molecule has 1 aliphatic heterocycles. The van der Waals surface area contributed by atoms with Gasteiger partial charge in [-0.1, -0.05) is 24.2 Å². The molecule has 0 amide bonds. The summed E-state index contributed by atoms with van der Waals surface area (Å²) in [6, 6.07) is 6.40. The van der Waals surface area contributed by atoms with Gasteiger partial charge < -0.3 is 9.84 Å². The summed E-state index contributed by atoms with van der Waals surface area (Å²) in [5.74, 6) is 1.44. The third kappa shape index (κ3) is 2.16. The zero-order valence-corrected chi connectivity index (χ0v) is 10.9. The number of nitro groups is 1. The van der Waals surface area contributed by atoms with Crippen molar-refractivity contribution in [2.45, 2.75) is 12.8 Å². The van der Waals surface area contributed by atoms with Crippen molar-refractivity contribution in [1.82, 2.24) is 15.5 Å². The molecule has 1 unspecified atom stereocenters. The molecular weight excluding hydrogens is 260 g/mol. The second-order valence-corrected chi connectivity index (χ2v) is 4.94. The Morgan fingerprint density at radius 1 is 1.45 bits per heavy atom. The summed E-state index contributed by atoms with van der Waals surface area (Å²) in [5, 5.41) is 18.1. The van der Waals surface area contributed by atoms with Gasteiger partial charge in [-0.05, 0) is 25.1 Å². The van der Waals surface area contributed by atoms with Crippen molar-refractivity contribution < 1.29 is 9.45 Å². The van der Waals surface area contributed by atoms with Crippen molar-refractivity contribution in [3.63, 3.8) is 0 Å². The zero-order valence-electron chi connectivity index (χ0n) is 10.9. The summed E-state index contributed by atoms with van der Waals surface area (Å²) in [6.07, 6.45) is 0. The maximum Gasteiger partial charge on any atom is 0.280 e. The van der Waals surface area contributed by atoms with E-state index in [9.17, 15) is 10.1 Å². The number of para-hydroxylation sites is 1. The van der Waals surface area contributed by atoms with Crippen molar-refractivity contribution in [1.29, 1.82) is 0 Å². The smallest absolute Gasteiger partial charge is 0.280 e. The number of nitro benzene ring substituents is 1. The van der Waals surface area contributed by atoms with Crippen LogP contribution < -0.4 is 5.32 Å². The molecule has 0 radical (unpaired) electrons. The molecule has 2 heterocycles. The summed E-state index contributed by atoms with van der Waals surface area (Å²) in [6.45, 7) is 3.90. The van der Waals surface area contributed by atoms with Gasteiger partial charge in [0.25, 0.3) is 5.69 Å². The van der Waals surface area contributed by atoms with Crippen LogP contribution in [-0.4, -0.2) is 28.2 Å². The Kier molecular flexibility index (Phi) is 3.19. The summed E-state index contributed by atoms with van der Waals surface area (Å²) >= 11 is 0. The van der Waals surface area contributed by atoms with E-state index in [1.165, 1.54) is 6.07 Å². The summed E-state index contributed by atoms with van der Waals surface area (Å²) in [7, 11) is 0. The maximum absolute atomic E-state index is 11.0. The zero-order chi connectivity index (χ0) is 14.1. The molecule has 7 nitrogen and oxygen atoms in total. The first-order chi connectivity index (χ1) is 9.66. The van der Waals surface area contributed by atoms with Crippen LogP contribution in [0.1, 0.15) is 18.7 Å². The normalized spacial score (nSPS) is 16.6. The second kappa shape index (κ2) is 5.01. The van der Waals surface area contributed by atoms with E-state index in [1.807, 2.05) is 6.92 Å². The van der Waals surface area contributed by atoms with E-state index in [1.54, 1.807) is 18.2 Å². The molecule has 1 fully saturated rings. The van der Waals surface area contributed by atoms with Crippen LogP contribution in [0.25, 0.3) is 11.4 Å². The van der Waals surface area contributed by atoms with Crippen LogP contribution in [0.5, 0.6) is 0 Å². The summed E-state index contributed by atoms with van der Waals surface area (Å²) in [5.41, 5.74) is 0.365. The SMILES string of the molecule is CC(c1nc(-c2ccccc2[N+](=O)[O-])no1)C1CNC1. The van der Waals surface area contributed by atoms with E-state index in [-0.39, 0.29) is 17.4 Å². The quantitative estimate of drug-likeness (QED) is 0.676. The lowest BCUT2D eigenvalue weighted by Gasteiger charge is -2.30. The largest absolute Gasteiger partial charge is 0.339 e. The number of hydrogen-bond donors (Lipinski definition) is 1. The van der Waals surface area contributed by atoms with E-state index in [0.29, 0.717) is 17.4 Å². The van der Waals surface area contributed by atoms with Gasteiger partial charge in [0.05, 0.1) is 4.92 Å². The molecule has 1 atom stereocenters. The molecule has 2 aromatic rings. The van der Waals surface area contributed by atoms with E-state index in [4.69, 9.17) is 4.52 Å². The fourth-order valence-corrected chi connectivity index (χ4v) is 2.22. The average Bonchev–Trinajstić information content (AvgIpc) is 2.86. The van der Waals surface area contributed by atoms with E-state index in [0.717, 1.165) is 13.1 Å². The van der Waals surface area contributed by atoms with E-state index >= 15 is 0 Å². The van der Waals surface area contributed by atoms with Gasteiger partial charge in [0.1, 0.15) is 5.56 Å². The Morgan fingerprint density at radius 3 is 2.85 bits per heavy atom. The molecule has 20 heavy (non-hydrogen) atoms. The van der Waals surface area contributed by atoms with Gasteiger partial charge in [0.15, 0.2) is 0 Å². The topological polar surface area (TPSA) is 94.1 Å². The molecule has 1 aromatic heterocycles. The molecule has 7 heteroatoms. The number of benzene rings is 1. The Morgan fingerprint density at radius 2 is 2.20 bits per heavy atom.